The van der Waals surface area contributed by atoms with Crippen molar-refractivity contribution in [2.24, 2.45) is 17.6 Å². The van der Waals surface area contributed by atoms with Gasteiger partial charge >= 0.3 is 5.97 Å². The first-order chi connectivity index (χ1) is 12.8. The monoisotopic (exact) mass is 420 g/mol. The average Bonchev–Trinajstić information content (AvgIpc) is 2.59. The van der Waals surface area contributed by atoms with E-state index >= 15 is 0 Å². The van der Waals surface area contributed by atoms with E-state index in [9.17, 15) is 29.4 Å². The molecule has 0 aromatic rings. The fourth-order valence-electron chi connectivity index (χ4n) is 2.23. The van der Waals surface area contributed by atoms with E-state index in [2.05, 4.69) is 28.6 Å². The summed E-state index contributed by atoms with van der Waals surface area (Å²) in [4.78, 5) is 48.2. The minimum absolute atomic E-state index is 0.0754. The molecule has 0 aromatic carbocycles. The van der Waals surface area contributed by atoms with Gasteiger partial charge in [0, 0.05) is 5.75 Å². The third kappa shape index (κ3) is 8.03. The van der Waals surface area contributed by atoms with Crippen LogP contribution in [0.2, 0.25) is 0 Å². The number of aliphatic hydroxyl groups is 1. The molecule has 11 heteroatoms. The van der Waals surface area contributed by atoms with Crippen molar-refractivity contribution in [3.63, 3.8) is 0 Å². The predicted molar refractivity (Wildman–Crippen MR) is 107 cm³/mol. The lowest BCUT2D eigenvalue weighted by molar-refractivity contribution is -0.143. The zero-order valence-electron chi connectivity index (χ0n) is 16.8. The Morgan fingerprint density at radius 1 is 0.857 bits per heavy atom. The third-order valence-corrected chi connectivity index (χ3v) is 4.48. The van der Waals surface area contributed by atoms with Gasteiger partial charge in [0.05, 0.1) is 6.10 Å². The minimum Gasteiger partial charge on any atom is -0.480 e. The Labute approximate surface area is 170 Å². The Morgan fingerprint density at radius 3 is 1.68 bits per heavy atom. The average molecular weight is 421 g/mol. The molecule has 0 aliphatic rings. The Morgan fingerprint density at radius 2 is 1.32 bits per heavy atom. The summed E-state index contributed by atoms with van der Waals surface area (Å²) in [5.74, 6) is -4.01. The summed E-state index contributed by atoms with van der Waals surface area (Å²) in [5, 5.41) is 25.9. The standard InChI is InChI=1S/C17H32N4O6S/c1-7(2)12(20-15(24)11(18)9(5)22)16(25)19-10(6-28)14(23)21-13(8(3)4)17(26)27/h7-13,22,28H,6,18H2,1-5H3,(H,19,25)(H,20,24)(H,21,23)(H,26,27). The van der Waals surface area contributed by atoms with E-state index in [-0.39, 0.29) is 17.6 Å². The van der Waals surface area contributed by atoms with E-state index in [4.69, 9.17) is 5.73 Å². The molecule has 0 aromatic heterocycles. The number of carbonyl (C=O) groups is 4. The van der Waals surface area contributed by atoms with Crippen LogP contribution >= 0.6 is 12.6 Å². The maximum absolute atomic E-state index is 12.6. The smallest absolute Gasteiger partial charge is 0.326 e. The summed E-state index contributed by atoms with van der Waals surface area (Å²) in [6.45, 7) is 8.01. The first-order valence-corrected chi connectivity index (χ1v) is 9.65. The molecular weight excluding hydrogens is 388 g/mol. The van der Waals surface area contributed by atoms with Crippen molar-refractivity contribution < 1.29 is 29.4 Å². The van der Waals surface area contributed by atoms with Crippen LogP contribution in [0.3, 0.4) is 0 Å². The van der Waals surface area contributed by atoms with E-state index < -0.39 is 54.0 Å². The van der Waals surface area contributed by atoms with Crippen LogP contribution in [0.4, 0.5) is 0 Å². The Kier molecular flexibility index (Phi) is 11.1. The molecule has 0 aliphatic heterocycles. The second-order valence-electron chi connectivity index (χ2n) is 7.31. The van der Waals surface area contributed by atoms with E-state index in [0.29, 0.717) is 0 Å². The van der Waals surface area contributed by atoms with Crippen LogP contribution in [-0.4, -0.2) is 69.9 Å². The summed E-state index contributed by atoms with van der Waals surface area (Å²) in [7, 11) is 0. The molecule has 0 radical (unpaired) electrons. The summed E-state index contributed by atoms with van der Waals surface area (Å²) < 4.78 is 0. The highest BCUT2D eigenvalue weighted by molar-refractivity contribution is 7.80. The van der Waals surface area contributed by atoms with Crippen molar-refractivity contribution in [3.8, 4) is 0 Å². The van der Waals surface area contributed by atoms with Crippen LogP contribution < -0.4 is 21.7 Å². The molecule has 0 aliphatic carbocycles. The molecule has 0 fully saturated rings. The molecule has 28 heavy (non-hydrogen) atoms. The van der Waals surface area contributed by atoms with E-state index in [0.717, 1.165) is 0 Å². The lowest BCUT2D eigenvalue weighted by Crippen LogP contribution is -2.60. The van der Waals surface area contributed by atoms with Gasteiger partial charge in [-0.15, -0.1) is 0 Å². The lowest BCUT2D eigenvalue weighted by Gasteiger charge is -2.27. The van der Waals surface area contributed by atoms with Gasteiger partial charge in [-0.2, -0.15) is 12.6 Å². The van der Waals surface area contributed by atoms with Crippen LogP contribution in [0.1, 0.15) is 34.6 Å². The van der Waals surface area contributed by atoms with Crippen molar-refractivity contribution in [2.75, 3.05) is 5.75 Å². The third-order valence-electron chi connectivity index (χ3n) is 4.12. The van der Waals surface area contributed by atoms with E-state index in [1.54, 1.807) is 27.7 Å². The number of hydrogen-bond donors (Lipinski definition) is 7. The van der Waals surface area contributed by atoms with Gasteiger partial charge < -0.3 is 31.9 Å². The molecule has 0 spiro atoms. The molecule has 10 nitrogen and oxygen atoms in total. The van der Waals surface area contributed by atoms with Gasteiger partial charge in [-0.05, 0) is 18.8 Å². The number of aliphatic hydroxyl groups excluding tert-OH is 1. The Balaban J connectivity index is 5.18. The van der Waals surface area contributed by atoms with Crippen molar-refractivity contribution in [2.45, 2.75) is 64.9 Å². The summed E-state index contributed by atoms with van der Waals surface area (Å²) >= 11 is 4.04. The van der Waals surface area contributed by atoms with Crippen molar-refractivity contribution in [1.29, 1.82) is 0 Å². The van der Waals surface area contributed by atoms with Gasteiger partial charge in [0.2, 0.25) is 17.7 Å². The zero-order valence-corrected chi connectivity index (χ0v) is 17.7. The highest BCUT2D eigenvalue weighted by Gasteiger charge is 2.32. The Hall–Kier alpha value is -1.85. The lowest BCUT2D eigenvalue weighted by atomic mass is 10.0. The number of hydrogen-bond acceptors (Lipinski definition) is 7. The summed E-state index contributed by atoms with van der Waals surface area (Å²) in [6.07, 6.45) is -1.10. The minimum atomic E-state index is -1.21. The normalized spacial score (nSPS) is 16.6. The highest BCUT2D eigenvalue weighted by Crippen LogP contribution is 2.06. The molecule has 0 saturated carbocycles. The Bertz CT molecular complexity index is 570. The molecule has 5 atom stereocenters. The first-order valence-electron chi connectivity index (χ1n) is 9.01. The first kappa shape index (κ1) is 26.1. The fraction of sp³-hybridized carbons (Fsp3) is 0.765. The molecule has 0 rings (SSSR count). The van der Waals surface area contributed by atoms with Gasteiger partial charge in [0.1, 0.15) is 24.2 Å². The predicted octanol–water partition coefficient (Wildman–Crippen LogP) is -1.52. The molecular formula is C17H32N4O6S. The molecule has 5 unspecified atom stereocenters. The van der Waals surface area contributed by atoms with Crippen LogP contribution in [0, 0.1) is 11.8 Å². The van der Waals surface area contributed by atoms with Crippen LogP contribution in [-0.2, 0) is 19.2 Å². The van der Waals surface area contributed by atoms with Crippen LogP contribution in [0.5, 0.6) is 0 Å². The molecule has 0 heterocycles. The highest BCUT2D eigenvalue weighted by atomic mass is 32.1. The molecule has 3 amide bonds. The largest absolute Gasteiger partial charge is 0.480 e. The van der Waals surface area contributed by atoms with Crippen molar-refractivity contribution in [1.82, 2.24) is 16.0 Å². The number of nitrogens with one attached hydrogen (secondary N) is 3. The number of thiol groups is 1. The number of rotatable bonds is 11. The quantitative estimate of drug-likeness (QED) is 0.199. The molecule has 162 valence electrons. The second kappa shape index (κ2) is 11.9. The van der Waals surface area contributed by atoms with Gasteiger partial charge in [0.15, 0.2) is 0 Å². The van der Waals surface area contributed by atoms with Crippen LogP contribution in [0.15, 0.2) is 0 Å². The van der Waals surface area contributed by atoms with E-state index in [1.807, 2.05) is 0 Å². The maximum Gasteiger partial charge on any atom is 0.326 e. The number of aliphatic carboxylic acids is 1. The van der Waals surface area contributed by atoms with Crippen molar-refractivity contribution in [3.05, 3.63) is 0 Å². The molecule has 0 saturated heterocycles. The SMILES string of the molecule is CC(C)C(NC(=O)C(CS)NC(=O)C(NC(=O)C(N)C(C)O)C(C)C)C(=O)O. The van der Waals surface area contributed by atoms with Gasteiger partial charge in [-0.25, -0.2) is 4.79 Å². The second-order valence-corrected chi connectivity index (χ2v) is 7.67. The fourth-order valence-corrected chi connectivity index (χ4v) is 2.48. The van der Waals surface area contributed by atoms with Gasteiger partial charge in [0.25, 0.3) is 0 Å². The van der Waals surface area contributed by atoms with Gasteiger partial charge in [-0.3, -0.25) is 14.4 Å². The number of carboxylic acids is 1. The van der Waals surface area contributed by atoms with E-state index in [1.165, 1.54) is 6.92 Å². The van der Waals surface area contributed by atoms with Gasteiger partial charge in [-0.1, -0.05) is 27.7 Å². The topological polar surface area (TPSA) is 171 Å². The number of carboxylic acid groups (broad SMARTS) is 1. The number of amides is 3. The van der Waals surface area contributed by atoms with Crippen molar-refractivity contribution >= 4 is 36.3 Å². The summed E-state index contributed by atoms with van der Waals surface area (Å²) in [5.41, 5.74) is 5.57. The maximum atomic E-state index is 12.6. The molecule has 7 N–H and O–H groups in total. The zero-order chi connectivity index (χ0) is 22.2. The molecule has 0 bridgehead atoms. The van der Waals surface area contributed by atoms with Crippen LogP contribution in [0.25, 0.3) is 0 Å². The summed E-state index contributed by atoms with van der Waals surface area (Å²) in [6, 6.07) is -4.43. The number of nitrogens with two attached hydrogens (primary N) is 1. The number of carbonyl (C=O) groups excluding carboxylic acids is 3.